The van der Waals surface area contributed by atoms with Crippen LogP contribution < -0.4 is 9.64 Å². The van der Waals surface area contributed by atoms with Gasteiger partial charge in [0.15, 0.2) is 0 Å². The zero-order valence-electron chi connectivity index (χ0n) is 9.57. The fraction of sp³-hybridized carbons (Fsp3) is 0.538. The Bertz CT molecular complexity index is 412. The summed E-state index contributed by atoms with van der Waals surface area (Å²) in [5.41, 5.74) is 1.94. The maximum atomic E-state index is 9.91. The Labute approximate surface area is 95.6 Å². The van der Waals surface area contributed by atoms with Crippen LogP contribution in [0.2, 0.25) is 0 Å². The SMILES string of the molecule is CN1CCOc2ccc(CC3(O)CC3)cc21. The number of likely N-dealkylation sites (N-methyl/N-ethyl adjacent to an activating group) is 1. The first kappa shape index (κ1) is 9.97. The van der Waals surface area contributed by atoms with Gasteiger partial charge in [0.1, 0.15) is 12.4 Å². The highest BCUT2D eigenvalue weighted by molar-refractivity contribution is 5.61. The number of nitrogens with zero attached hydrogens (tertiary/aromatic N) is 1. The summed E-state index contributed by atoms with van der Waals surface area (Å²) in [6.45, 7) is 1.69. The molecule has 0 aromatic heterocycles. The van der Waals surface area contributed by atoms with Gasteiger partial charge in [0.05, 0.1) is 17.8 Å². The Hall–Kier alpha value is -1.22. The molecule has 1 N–H and O–H groups in total. The molecule has 86 valence electrons. The van der Waals surface area contributed by atoms with Crippen LogP contribution in [0, 0.1) is 0 Å². The van der Waals surface area contributed by atoms with Crippen molar-refractivity contribution < 1.29 is 9.84 Å². The van der Waals surface area contributed by atoms with Crippen molar-refractivity contribution in [2.24, 2.45) is 0 Å². The normalized spacial score (nSPS) is 21.2. The van der Waals surface area contributed by atoms with Crippen molar-refractivity contribution >= 4 is 5.69 Å². The van der Waals surface area contributed by atoms with Crippen molar-refractivity contribution in [1.82, 2.24) is 0 Å². The molecule has 0 radical (unpaired) electrons. The summed E-state index contributed by atoms with van der Waals surface area (Å²) >= 11 is 0. The minimum absolute atomic E-state index is 0.414. The predicted molar refractivity (Wildman–Crippen MR) is 63.1 cm³/mol. The molecule has 0 amide bonds. The van der Waals surface area contributed by atoms with E-state index in [2.05, 4.69) is 24.1 Å². The van der Waals surface area contributed by atoms with Crippen LogP contribution in [0.3, 0.4) is 0 Å². The number of benzene rings is 1. The van der Waals surface area contributed by atoms with Gasteiger partial charge in [-0.2, -0.15) is 0 Å². The third-order valence-electron chi connectivity index (χ3n) is 3.48. The molecular weight excluding hydrogens is 202 g/mol. The first-order chi connectivity index (χ1) is 7.66. The van der Waals surface area contributed by atoms with Gasteiger partial charge in [-0.25, -0.2) is 0 Å². The summed E-state index contributed by atoms with van der Waals surface area (Å²) in [5, 5.41) is 9.91. The van der Waals surface area contributed by atoms with Gasteiger partial charge in [-0.1, -0.05) is 6.07 Å². The standard InChI is InChI=1S/C13H17NO2/c1-14-6-7-16-12-3-2-10(8-11(12)14)9-13(15)4-5-13/h2-3,8,15H,4-7,9H2,1H3. The Morgan fingerprint density at radius 3 is 3.00 bits per heavy atom. The number of fused-ring (bicyclic) bond motifs is 1. The Kier molecular flexibility index (Phi) is 2.11. The van der Waals surface area contributed by atoms with Crippen LogP contribution in [0.25, 0.3) is 0 Å². The molecule has 3 rings (SSSR count). The van der Waals surface area contributed by atoms with E-state index in [1.54, 1.807) is 0 Å². The number of rotatable bonds is 2. The molecule has 0 spiro atoms. The predicted octanol–water partition coefficient (Wildman–Crippen LogP) is 1.58. The van der Waals surface area contributed by atoms with Crippen LogP contribution in [0.1, 0.15) is 18.4 Å². The highest BCUT2D eigenvalue weighted by Crippen LogP contribution is 2.40. The summed E-state index contributed by atoms with van der Waals surface area (Å²) in [5.74, 6) is 0.959. The van der Waals surface area contributed by atoms with Crippen LogP contribution in [0.4, 0.5) is 5.69 Å². The van der Waals surface area contributed by atoms with Crippen molar-refractivity contribution in [2.75, 3.05) is 25.1 Å². The maximum Gasteiger partial charge on any atom is 0.142 e. The Morgan fingerprint density at radius 2 is 2.25 bits per heavy atom. The zero-order valence-corrected chi connectivity index (χ0v) is 9.57. The smallest absolute Gasteiger partial charge is 0.142 e. The van der Waals surface area contributed by atoms with Gasteiger partial charge < -0.3 is 14.7 Å². The minimum Gasteiger partial charge on any atom is -0.490 e. The Balaban J connectivity index is 1.88. The third-order valence-corrected chi connectivity index (χ3v) is 3.48. The number of hydrogen-bond acceptors (Lipinski definition) is 3. The topological polar surface area (TPSA) is 32.7 Å². The molecule has 3 heteroatoms. The van der Waals surface area contributed by atoms with Gasteiger partial charge >= 0.3 is 0 Å². The minimum atomic E-state index is -0.414. The van der Waals surface area contributed by atoms with E-state index in [4.69, 9.17) is 4.74 Å². The maximum absolute atomic E-state index is 9.91. The van der Waals surface area contributed by atoms with E-state index in [9.17, 15) is 5.11 Å². The number of anilines is 1. The first-order valence-electron chi connectivity index (χ1n) is 5.86. The van der Waals surface area contributed by atoms with E-state index in [1.165, 1.54) is 5.56 Å². The monoisotopic (exact) mass is 219 g/mol. The molecule has 0 unspecified atom stereocenters. The molecule has 1 heterocycles. The average molecular weight is 219 g/mol. The third kappa shape index (κ3) is 1.76. The Morgan fingerprint density at radius 1 is 1.44 bits per heavy atom. The van der Waals surface area contributed by atoms with Gasteiger partial charge in [0, 0.05) is 13.5 Å². The summed E-state index contributed by atoms with van der Waals surface area (Å²) < 4.78 is 5.59. The molecule has 1 aliphatic carbocycles. The van der Waals surface area contributed by atoms with Crippen molar-refractivity contribution in [3.8, 4) is 5.75 Å². The highest BCUT2D eigenvalue weighted by Gasteiger charge is 2.40. The van der Waals surface area contributed by atoms with Gasteiger partial charge in [-0.05, 0) is 30.5 Å². The average Bonchev–Trinajstić information content (AvgIpc) is 2.97. The van der Waals surface area contributed by atoms with Gasteiger partial charge in [-0.15, -0.1) is 0 Å². The lowest BCUT2D eigenvalue weighted by Gasteiger charge is -2.28. The van der Waals surface area contributed by atoms with Crippen molar-refractivity contribution in [3.05, 3.63) is 23.8 Å². The van der Waals surface area contributed by atoms with E-state index in [0.29, 0.717) is 0 Å². The van der Waals surface area contributed by atoms with Crippen LogP contribution in [-0.4, -0.2) is 30.9 Å². The van der Waals surface area contributed by atoms with Crippen molar-refractivity contribution in [2.45, 2.75) is 24.9 Å². The van der Waals surface area contributed by atoms with Gasteiger partial charge in [0.25, 0.3) is 0 Å². The summed E-state index contributed by atoms with van der Waals surface area (Å²) in [6, 6.07) is 6.23. The second-order valence-corrected chi connectivity index (χ2v) is 4.97. The lowest BCUT2D eigenvalue weighted by atomic mass is 10.0. The molecule has 0 saturated heterocycles. The van der Waals surface area contributed by atoms with E-state index < -0.39 is 5.60 Å². The van der Waals surface area contributed by atoms with Crippen molar-refractivity contribution in [1.29, 1.82) is 0 Å². The molecule has 3 nitrogen and oxygen atoms in total. The molecule has 1 aliphatic heterocycles. The zero-order chi connectivity index (χ0) is 11.2. The van der Waals surface area contributed by atoms with Crippen LogP contribution in [0.15, 0.2) is 18.2 Å². The summed E-state index contributed by atoms with van der Waals surface area (Å²) in [4.78, 5) is 2.21. The lowest BCUT2D eigenvalue weighted by molar-refractivity contribution is 0.151. The quantitative estimate of drug-likeness (QED) is 0.819. The van der Waals surface area contributed by atoms with Gasteiger partial charge in [-0.3, -0.25) is 0 Å². The summed E-state index contributed by atoms with van der Waals surface area (Å²) in [7, 11) is 2.08. The fourth-order valence-electron chi connectivity index (χ4n) is 2.21. The lowest BCUT2D eigenvalue weighted by Crippen LogP contribution is -2.29. The number of hydrogen-bond donors (Lipinski definition) is 1. The van der Waals surface area contributed by atoms with Crippen molar-refractivity contribution in [3.63, 3.8) is 0 Å². The molecule has 16 heavy (non-hydrogen) atoms. The number of aliphatic hydroxyl groups is 1. The number of ether oxygens (including phenoxy) is 1. The van der Waals surface area contributed by atoms with Gasteiger partial charge in [0.2, 0.25) is 0 Å². The molecule has 1 saturated carbocycles. The van der Waals surface area contributed by atoms with Crippen LogP contribution in [-0.2, 0) is 6.42 Å². The van der Waals surface area contributed by atoms with E-state index in [-0.39, 0.29) is 0 Å². The molecule has 1 aromatic carbocycles. The van der Waals surface area contributed by atoms with E-state index in [1.807, 2.05) is 6.07 Å². The highest BCUT2D eigenvalue weighted by atomic mass is 16.5. The molecule has 0 atom stereocenters. The second-order valence-electron chi connectivity index (χ2n) is 4.97. The fourth-order valence-corrected chi connectivity index (χ4v) is 2.21. The summed E-state index contributed by atoms with van der Waals surface area (Å²) in [6.07, 6.45) is 2.65. The second kappa shape index (κ2) is 3.39. The van der Waals surface area contributed by atoms with Crippen LogP contribution in [0.5, 0.6) is 5.75 Å². The van der Waals surface area contributed by atoms with E-state index >= 15 is 0 Å². The largest absolute Gasteiger partial charge is 0.490 e. The van der Waals surface area contributed by atoms with Crippen LogP contribution >= 0.6 is 0 Å². The molecule has 2 aliphatic rings. The molecule has 1 aromatic rings. The first-order valence-corrected chi connectivity index (χ1v) is 5.86. The molecule has 1 fully saturated rings. The molecule has 0 bridgehead atoms. The molecular formula is C13H17NO2. The van der Waals surface area contributed by atoms with E-state index in [0.717, 1.165) is 43.9 Å².